The maximum absolute atomic E-state index is 11.3. The lowest BCUT2D eigenvalue weighted by Gasteiger charge is -2.32. The van der Waals surface area contributed by atoms with Gasteiger partial charge in [0.25, 0.3) is 0 Å². The number of nitrogens with zero attached hydrogens (tertiary/aromatic N) is 3. The molecule has 3 heterocycles. The van der Waals surface area contributed by atoms with Crippen molar-refractivity contribution in [2.75, 3.05) is 6.54 Å². The van der Waals surface area contributed by atoms with Crippen molar-refractivity contribution in [3.63, 3.8) is 0 Å². The average molecular weight is 259 g/mol. The van der Waals surface area contributed by atoms with E-state index >= 15 is 0 Å². The lowest BCUT2D eigenvalue weighted by molar-refractivity contribution is -0.144. The Morgan fingerprint density at radius 1 is 1.42 bits per heavy atom. The number of imidazole rings is 1. The van der Waals surface area contributed by atoms with Gasteiger partial charge in [0.1, 0.15) is 11.7 Å². The standard InChI is InChI=1S/C14H17N3O2/c18-14(19)12-5-1-3-7-16(12)10-11-9-15-13-6-2-4-8-17(11)13/h2,4,6,8-9,12H,1,3,5,7,10H2,(H,18,19)/t12-/m1/s1. The second-order valence-corrected chi connectivity index (χ2v) is 5.00. The molecular weight excluding hydrogens is 242 g/mol. The number of carboxylic acids is 1. The molecule has 1 saturated heterocycles. The molecule has 3 rings (SSSR count). The van der Waals surface area contributed by atoms with Gasteiger partial charge in [-0.3, -0.25) is 9.69 Å². The van der Waals surface area contributed by atoms with Gasteiger partial charge in [0, 0.05) is 12.7 Å². The summed E-state index contributed by atoms with van der Waals surface area (Å²) >= 11 is 0. The van der Waals surface area contributed by atoms with Crippen LogP contribution in [0.3, 0.4) is 0 Å². The number of pyridine rings is 1. The van der Waals surface area contributed by atoms with Gasteiger partial charge >= 0.3 is 5.97 Å². The van der Waals surface area contributed by atoms with E-state index in [4.69, 9.17) is 0 Å². The van der Waals surface area contributed by atoms with Gasteiger partial charge in [-0.25, -0.2) is 4.98 Å². The summed E-state index contributed by atoms with van der Waals surface area (Å²) in [6, 6.07) is 5.51. The van der Waals surface area contributed by atoms with E-state index in [9.17, 15) is 9.90 Å². The molecule has 1 fully saturated rings. The molecule has 100 valence electrons. The molecule has 1 atom stereocenters. The molecule has 0 aliphatic carbocycles. The van der Waals surface area contributed by atoms with Crippen LogP contribution in [0.4, 0.5) is 0 Å². The molecule has 2 aromatic heterocycles. The largest absolute Gasteiger partial charge is 0.480 e. The molecule has 1 aliphatic heterocycles. The number of aromatic nitrogens is 2. The van der Waals surface area contributed by atoms with Gasteiger partial charge < -0.3 is 9.51 Å². The molecule has 0 unspecified atom stereocenters. The molecule has 0 amide bonds. The minimum Gasteiger partial charge on any atom is -0.480 e. The summed E-state index contributed by atoms with van der Waals surface area (Å²) in [7, 11) is 0. The van der Waals surface area contributed by atoms with Crippen LogP contribution in [-0.4, -0.2) is 37.9 Å². The van der Waals surface area contributed by atoms with Crippen LogP contribution in [0.15, 0.2) is 30.6 Å². The van der Waals surface area contributed by atoms with E-state index in [1.165, 1.54) is 0 Å². The smallest absolute Gasteiger partial charge is 0.320 e. The lowest BCUT2D eigenvalue weighted by atomic mass is 10.0. The van der Waals surface area contributed by atoms with E-state index in [2.05, 4.69) is 4.98 Å². The minimum absolute atomic E-state index is 0.358. The van der Waals surface area contributed by atoms with E-state index in [1.54, 1.807) is 0 Å². The van der Waals surface area contributed by atoms with Crippen LogP contribution in [0.5, 0.6) is 0 Å². The predicted octanol–water partition coefficient (Wildman–Crippen LogP) is 1.77. The number of fused-ring (bicyclic) bond motifs is 1. The molecule has 0 spiro atoms. The number of likely N-dealkylation sites (tertiary alicyclic amines) is 1. The zero-order chi connectivity index (χ0) is 13.2. The second-order valence-electron chi connectivity index (χ2n) is 5.00. The van der Waals surface area contributed by atoms with E-state index in [-0.39, 0.29) is 6.04 Å². The number of rotatable bonds is 3. The second kappa shape index (κ2) is 5.01. The van der Waals surface area contributed by atoms with Crippen molar-refractivity contribution in [3.8, 4) is 0 Å². The Balaban J connectivity index is 1.85. The minimum atomic E-state index is -0.714. The number of hydrogen-bond donors (Lipinski definition) is 1. The van der Waals surface area contributed by atoms with Gasteiger partial charge in [-0.2, -0.15) is 0 Å². The number of piperidine rings is 1. The molecule has 19 heavy (non-hydrogen) atoms. The zero-order valence-electron chi connectivity index (χ0n) is 10.7. The lowest BCUT2D eigenvalue weighted by Crippen LogP contribution is -2.44. The Hall–Kier alpha value is -1.88. The summed E-state index contributed by atoms with van der Waals surface area (Å²) in [5.41, 5.74) is 1.95. The highest BCUT2D eigenvalue weighted by Gasteiger charge is 2.28. The van der Waals surface area contributed by atoms with E-state index in [0.717, 1.165) is 37.1 Å². The molecular formula is C14H17N3O2. The van der Waals surface area contributed by atoms with Crippen molar-refractivity contribution < 1.29 is 9.90 Å². The first-order chi connectivity index (χ1) is 9.25. The summed E-state index contributed by atoms with van der Waals surface area (Å²) in [6.07, 6.45) is 6.62. The predicted molar refractivity (Wildman–Crippen MR) is 70.9 cm³/mol. The van der Waals surface area contributed by atoms with Crippen molar-refractivity contribution in [3.05, 3.63) is 36.3 Å². The van der Waals surface area contributed by atoms with Crippen LogP contribution in [0, 0.1) is 0 Å². The maximum atomic E-state index is 11.3. The quantitative estimate of drug-likeness (QED) is 0.912. The third-order valence-corrected chi connectivity index (χ3v) is 3.76. The van der Waals surface area contributed by atoms with Crippen molar-refractivity contribution in [2.24, 2.45) is 0 Å². The van der Waals surface area contributed by atoms with Gasteiger partial charge in [0.15, 0.2) is 0 Å². The zero-order valence-corrected chi connectivity index (χ0v) is 10.7. The monoisotopic (exact) mass is 259 g/mol. The number of aliphatic carboxylic acids is 1. The summed E-state index contributed by atoms with van der Waals surface area (Å²) in [5, 5.41) is 9.29. The Labute approximate surface area is 111 Å². The Kier molecular flexibility index (Phi) is 3.21. The fraction of sp³-hybridized carbons (Fsp3) is 0.429. The maximum Gasteiger partial charge on any atom is 0.320 e. The van der Waals surface area contributed by atoms with Crippen LogP contribution in [0.2, 0.25) is 0 Å². The van der Waals surface area contributed by atoms with Gasteiger partial charge in [-0.15, -0.1) is 0 Å². The summed E-state index contributed by atoms with van der Waals surface area (Å²) < 4.78 is 2.02. The SMILES string of the molecule is O=C(O)[C@H]1CCCCN1Cc1cnc2ccccn12. The normalized spacial score (nSPS) is 20.7. The Morgan fingerprint density at radius 2 is 2.32 bits per heavy atom. The highest BCUT2D eigenvalue weighted by molar-refractivity contribution is 5.73. The summed E-state index contributed by atoms with van der Waals surface area (Å²) in [5.74, 6) is -0.714. The van der Waals surface area contributed by atoms with Crippen LogP contribution in [0.25, 0.3) is 5.65 Å². The molecule has 0 radical (unpaired) electrons. The third kappa shape index (κ3) is 2.33. The fourth-order valence-electron chi connectivity index (χ4n) is 2.77. The number of hydrogen-bond acceptors (Lipinski definition) is 3. The first-order valence-electron chi connectivity index (χ1n) is 6.63. The van der Waals surface area contributed by atoms with E-state index in [1.807, 2.05) is 39.9 Å². The van der Waals surface area contributed by atoms with Crippen LogP contribution in [0.1, 0.15) is 25.0 Å². The van der Waals surface area contributed by atoms with Gasteiger partial charge in [0.2, 0.25) is 0 Å². The first kappa shape index (κ1) is 12.2. The third-order valence-electron chi connectivity index (χ3n) is 3.76. The van der Waals surface area contributed by atoms with Gasteiger partial charge in [-0.05, 0) is 31.5 Å². The molecule has 2 aromatic rings. The summed E-state index contributed by atoms with van der Waals surface area (Å²) in [4.78, 5) is 17.7. The van der Waals surface area contributed by atoms with Crippen molar-refractivity contribution in [2.45, 2.75) is 31.8 Å². The average Bonchev–Trinajstić information content (AvgIpc) is 2.83. The molecule has 0 bridgehead atoms. The molecule has 0 saturated carbocycles. The number of carboxylic acid groups (broad SMARTS) is 1. The van der Waals surface area contributed by atoms with Crippen LogP contribution in [-0.2, 0) is 11.3 Å². The molecule has 0 aromatic carbocycles. The van der Waals surface area contributed by atoms with Crippen molar-refractivity contribution in [1.29, 1.82) is 0 Å². The topological polar surface area (TPSA) is 57.8 Å². The molecule has 1 N–H and O–H groups in total. The Bertz CT molecular complexity index is 593. The summed E-state index contributed by atoms with van der Waals surface area (Å²) in [6.45, 7) is 1.49. The highest BCUT2D eigenvalue weighted by atomic mass is 16.4. The highest BCUT2D eigenvalue weighted by Crippen LogP contribution is 2.20. The number of carbonyl (C=O) groups is 1. The molecule has 1 aliphatic rings. The van der Waals surface area contributed by atoms with E-state index < -0.39 is 5.97 Å². The van der Waals surface area contributed by atoms with Crippen molar-refractivity contribution in [1.82, 2.24) is 14.3 Å². The Morgan fingerprint density at radius 3 is 3.16 bits per heavy atom. The van der Waals surface area contributed by atoms with Gasteiger partial charge in [0.05, 0.1) is 11.9 Å². The van der Waals surface area contributed by atoms with Gasteiger partial charge in [-0.1, -0.05) is 12.5 Å². The van der Waals surface area contributed by atoms with Crippen LogP contribution < -0.4 is 0 Å². The van der Waals surface area contributed by atoms with Crippen LogP contribution >= 0.6 is 0 Å². The fourth-order valence-corrected chi connectivity index (χ4v) is 2.77. The molecule has 5 nitrogen and oxygen atoms in total. The molecule has 5 heteroatoms. The van der Waals surface area contributed by atoms with Crippen molar-refractivity contribution >= 4 is 11.6 Å². The first-order valence-corrected chi connectivity index (χ1v) is 6.63. The van der Waals surface area contributed by atoms with E-state index in [0.29, 0.717) is 6.54 Å².